The van der Waals surface area contributed by atoms with Crippen LogP contribution in [0.3, 0.4) is 0 Å². The Hall–Kier alpha value is -3.55. The molecule has 2 atom stereocenters. The van der Waals surface area contributed by atoms with Gasteiger partial charge in [-0.3, -0.25) is 4.79 Å². The van der Waals surface area contributed by atoms with Gasteiger partial charge in [-0.25, -0.2) is 9.18 Å². The molecule has 1 amide bonds. The van der Waals surface area contributed by atoms with E-state index in [-0.39, 0.29) is 11.7 Å². The van der Waals surface area contributed by atoms with Gasteiger partial charge in [-0.15, -0.1) is 0 Å². The number of hydrogen-bond acceptors (Lipinski definition) is 5. The molecule has 3 N–H and O–H groups in total. The molecule has 6 nitrogen and oxygen atoms in total. The number of hydrogen-bond donors (Lipinski definition) is 2. The number of benzene rings is 3. The maximum atomic E-state index is 13.4. The van der Waals surface area contributed by atoms with E-state index in [0.717, 1.165) is 29.5 Å². The molecular weight excluding hydrogens is 493 g/mol. The average Bonchev–Trinajstić information content (AvgIpc) is 2.93. The van der Waals surface area contributed by atoms with Crippen molar-refractivity contribution < 1.29 is 18.7 Å². The lowest BCUT2D eigenvalue weighted by Gasteiger charge is -2.25. The van der Waals surface area contributed by atoms with Crippen LogP contribution in [0.25, 0.3) is 0 Å². The topological polar surface area (TPSA) is 84.7 Å². The summed E-state index contributed by atoms with van der Waals surface area (Å²) in [6, 6.07) is 20.7. The van der Waals surface area contributed by atoms with E-state index in [2.05, 4.69) is 5.32 Å². The Morgan fingerprint density at radius 1 is 0.923 bits per heavy atom. The average molecular weight is 534 g/mol. The molecule has 208 valence electrons. The summed E-state index contributed by atoms with van der Waals surface area (Å²) in [5, 5.41) is 3.34. The molecule has 3 aromatic rings. The molecule has 0 unspecified atom stereocenters. The number of carbonyl (C=O) groups is 2. The summed E-state index contributed by atoms with van der Waals surface area (Å²) in [4.78, 5) is 28.4. The standard InChI is InChI=1S/C32H40FN3O3/c1-4-15-36(16-5-2)31(37)26-17-23(3)18-27(20-26)32(38)39-30(22-35-21-25-9-7-6-8-10-25)29(34)19-24-11-13-28(33)14-12-24/h6-14,17-18,20,29-30,35H,4-5,15-16,19,21-22,34H2,1-3H3/t29-,30+/m0/s1. The number of ether oxygens (including phenoxy) is 1. The first-order valence-corrected chi connectivity index (χ1v) is 13.7. The third kappa shape index (κ3) is 9.30. The first-order valence-electron chi connectivity index (χ1n) is 13.7. The maximum absolute atomic E-state index is 13.4. The molecule has 39 heavy (non-hydrogen) atoms. The van der Waals surface area contributed by atoms with Crippen LogP contribution in [0.15, 0.2) is 72.8 Å². The highest BCUT2D eigenvalue weighted by Gasteiger charge is 2.25. The van der Waals surface area contributed by atoms with Gasteiger partial charge in [0, 0.05) is 37.8 Å². The Morgan fingerprint density at radius 3 is 2.21 bits per heavy atom. The van der Waals surface area contributed by atoms with Crippen LogP contribution < -0.4 is 11.1 Å². The third-order valence-corrected chi connectivity index (χ3v) is 6.47. The second-order valence-electron chi connectivity index (χ2n) is 9.93. The third-order valence-electron chi connectivity index (χ3n) is 6.47. The molecule has 3 rings (SSSR count). The Bertz CT molecular complexity index is 1200. The predicted molar refractivity (Wildman–Crippen MR) is 153 cm³/mol. The van der Waals surface area contributed by atoms with Crippen molar-refractivity contribution in [2.24, 2.45) is 5.73 Å². The van der Waals surface area contributed by atoms with E-state index in [1.54, 1.807) is 30.3 Å². The molecular formula is C32H40FN3O3. The van der Waals surface area contributed by atoms with Crippen LogP contribution in [0.5, 0.6) is 0 Å². The van der Waals surface area contributed by atoms with Crippen LogP contribution in [0, 0.1) is 12.7 Å². The number of aryl methyl sites for hydroxylation is 1. The van der Waals surface area contributed by atoms with Crippen molar-refractivity contribution in [2.45, 2.75) is 58.7 Å². The molecule has 0 aromatic heterocycles. The smallest absolute Gasteiger partial charge is 0.338 e. The SMILES string of the molecule is CCCN(CCC)C(=O)c1cc(C)cc(C(=O)O[C@H](CNCc2ccccc2)[C@@H](N)Cc2ccc(F)cc2)c1. The second-order valence-corrected chi connectivity index (χ2v) is 9.93. The van der Waals surface area contributed by atoms with Crippen LogP contribution in [-0.4, -0.2) is 48.6 Å². The lowest BCUT2D eigenvalue weighted by Crippen LogP contribution is -2.46. The lowest BCUT2D eigenvalue weighted by molar-refractivity contribution is 0.0238. The van der Waals surface area contributed by atoms with E-state index < -0.39 is 18.1 Å². The molecule has 0 aliphatic carbocycles. The molecule has 0 saturated heterocycles. The van der Waals surface area contributed by atoms with Crippen LogP contribution in [0.4, 0.5) is 4.39 Å². The van der Waals surface area contributed by atoms with Crippen molar-refractivity contribution in [3.8, 4) is 0 Å². The van der Waals surface area contributed by atoms with E-state index in [4.69, 9.17) is 10.5 Å². The lowest BCUT2D eigenvalue weighted by atomic mass is 10.0. The zero-order valence-corrected chi connectivity index (χ0v) is 23.2. The monoisotopic (exact) mass is 533 g/mol. The minimum Gasteiger partial charge on any atom is -0.456 e. The molecule has 0 aliphatic rings. The van der Waals surface area contributed by atoms with E-state index in [0.29, 0.717) is 43.7 Å². The van der Waals surface area contributed by atoms with Crippen molar-refractivity contribution in [3.05, 3.63) is 106 Å². The highest BCUT2D eigenvalue weighted by Crippen LogP contribution is 2.16. The van der Waals surface area contributed by atoms with Crippen molar-refractivity contribution in [3.63, 3.8) is 0 Å². The van der Waals surface area contributed by atoms with Gasteiger partial charge >= 0.3 is 5.97 Å². The van der Waals surface area contributed by atoms with Crippen LogP contribution >= 0.6 is 0 Å². The summed E-state index contributed by atoms with van der Waals surface area (Å²) >= 11 is 0. The largest absolute Gasteiger partial charge is 0.456 e. The molecule has 0 saturated carbocycles. The van der Waals surface area contributed by atoms with Crippen LogP contribution in [0.2, 0.25) is 0 Å². The van der Waals surface area contributed by atoms with Gasteiger partial charge in [-0.05, 0) is 73.2 Å². The Morgan fingerprint density at radius 2 is 1.56 bits per heavy atom. The summed E-state index contributed by atoms with van der Waals surface area (Å²) in [6.07, 6.45) is 1.47. The number of nitrogens with one attached hydrogen (secondary N) is 1. The molecule has 3 aromatic carbocycles. The van der Waals surface area contributed by atoms with Gasteiger partial charge in [0.15, 0.2) is 0 Å². The molecule has 0 bridgehead atoms. The molecule has 7 heteroatoms. The van der Waals surface area contributed by atoms with Gasteiger partial charge in [0.1, 0.15) is 11.9 Å². The van der Waals surface area contributed by atoms with E-state index >= 15 is 0 Å². The highest BCUT2D eigenvalue weighted by atomic mass is 19.1. The first-order chi connectivity index (χ1) is 18.8. The number of nitrogens with zero attached hydrogens (tertiary/aromatic N) is 1. The highest BCUT2D eigenvalue weighted by molar-refractivity contribution is 5.98. The van der Waals surface area contributed by atoms with Gasteiger partial charge in [-0.2, -0.15) is 0 Å². The fourth-order valence-corrected chi connectivity index (χ4v) is 4.53. The van der Waals surface area contributed by atoms with Gasteiger partial charge < -0.3 is 20.7 Å². The molecule has 0 fully saturated rings. The van der Waals surface area contributed by atoms with E-state index in [1.165, 1.54) is 12.1 Å². The van der Waals surface area contributed by atoms with Crippen molar-refractivity contribution >= 4 is 11.9 Å². The van der Waals surface area contributed by atoms with Crippen molar-refractivity contribution in [2.75, 3.05) is 19.6 Å². The van der Waals surface area contributed by atoms with E-state index in [1.807, 2.05) is 56.0 Å². The zero-order valence-electron chi connectivity index (χ0n) is 23.2. The summed E-state index contributed by atoms with van der Waals surface area (Å²) < 4.78 is 19.3. The summed E-state index contributed by atoms with van der Waals surface area (Å²) in [7, 11) is 0. The molecule has 0 spiro atoms. The van der Waals surface area contributed by atoms with Crippen molar-refractivity contribution in [1.82, 2.24) is 10.2 Å². The van der Waals surface area contributed by atoms with Crippen LogP contribution in [-0.2, 0) is 17.7 Å². The summed E-state index contributed by atoms with van der Waals surface area (Å²) in [5.41, 5.74) is 10.1. The normalized spacial score (nSPS) is 12.5. The zero-order chi connectivity index (χ0) is 28.2. The number of nitrogens with two attached hydrogens (primary N) is 1. The fourth-order valence-electron chi connectivity index (χ4n) is 4.53. The number of amides is 1. The number of rotatable bonds is 14. The number of esters is 1. The summed E-state index contributed by atoms with van der Waals surface area (Å²) in [5.74, 6) is -0.946. The molecule has 0 aliphatic heterocycles. The van der Waals surface area contributed by atoms with Gasteiger partial charge in [0.25, 0.3) is 5.91 Å². The number of carbonyl (C=O) groups excluding carboxylic acids is 2. The minimum atomic E-state index is -0.650. The van der Waals surface area contributed by atoms with Gasteiger partial charge in [-0.1, -0.05) is 56.3 Å². The maximum Gasteiger partial charge on any atom is 0.338 e. The minimum absolute atomic E-state index is 0.0921. The summed E-state index contributed by atoms with van der Waals surface area (Å²) in [6.45, 7) is 8.18. The Kier molecular flexibility index (Phi) is 11.6. The Labute approximate surface area is 231 Å². The Balaban J connectivity index is 1.77. The van der Waals surface area contributed by atoms with E-state index in [9.17, 15) is 14.0 Å². The quantitative estimate of drug-likeness (QED) is 0.276. The number of halogens is 1. The molecule has 0 radical (unpaired) electrons. The predicted octanol–water partition coefficient (Wildman–Crippen LogP) is 5.28. The van der Waals surface area contributed by atoms with Crippen molar-refractivity contribution in [1.29, 1.82) is 0 Å². The molecule has 0 heterocycles. The first kappa shape index (κ1) is 30.0. The van der Waals surface area contributed by atoms with Crippen LogP contribution in [0.1, 0.15) is 64.1 Å². The fraction of sp³-hybridized carbons (Fsp3) is 0.375. The van der Waals surface area contributed by atoms with Gasteiger partial charge in [0.05, 0.1) is 5.56 Å². The van der Waals surface area contributed by atoms with Gasteiger partial charge in [0.2, 0.25) is 0 Å². The second kappa shape index (κ2) is 15.1.